The summed E-state index contributed by atoms with van der Waals surface area (Å²) in [6.45, 7) is 2.32. The molecule has 19 heavy (non-hydrogen) atoms. The normalized spacial score (nSPS) is 27.1. The van der Waals surface area contributed by atoms with Crippen molar-refractivity contribution in [2.75, 3.05) is 26.0 Å². The van der Waals surface area contributed by atoms with Crippen LogP contribution >= 0.6 is 0 Å². The highest BCUT2D eigenvalue weighted by molar-refractivity contribution is 5.49. The molecule has 3 unspecified atom stereocenters. The average molecular weight is 262 g/mol. The summed E-state index contributed by atoms with van der Waals surface area (Å²) >= 11 is 0. The Morgan fingerprint density at radius 2 is 2.05 bits per heavy atom. The highest BCUT2D eigenvalue weighted by Crippen LogP contribution is 2.29. The van der Waals surface area contributed by atoms with Crippen molar-refractivity contribution in [3.63, 3.8) is 0 Å². The third-order valence-corrected chi connectivity index (χ3v) is 4.05. The van der Waals surface area contributed by atoms with Gasteiger partial charge in [0.05, 0.1) is 0 Å². The first kappa shape index (κ1) is 14.2. The van der Waals surface area contributed by atoms with Crippen LogP contribution in [0.2, 0.25) is 0 Å². The van der Waals surface area contributed by atoms with Crippen molar-refractivity contribution in [3.05, 3.63) is 24.3 Å². The van der Waals surface area contributed by atoms with E-state index >= 15 is 0 Å². The van der Waals surface area contributed by atoms with Crippen LogP contribution in [0.1, 0.15) is 26.2 Å². The van der Waals surface area contributed by atoms with Crippen LogP contribution in [-0.2, 0) is 0 Å². The molecule has 1 aromatic rings. The quantitative estimate of drug-likeness (QED) is 0.903. The van der Waals surface area contributed by atoms with Gasteiger partial charge in [0.2, 0.25) is 0 Å². The first-order chi connectivity index (χ1) is 9.10. The van der Waals surface area contributed by atoms with Gasteiger partial charge in [0.1, 0.15) is 11.9 Å². The highest BCUT2D eigenvalue weighted by atomic mass is 16.5. The van der Waals surface area contributed by atoms with Crippen LogP contribution in [0.3, 0.4) is 0 Å². The number of rotatable bonds is 4. The molecule has 0 radical (unpaired) electrons. The third-order valence-electron chi connectivity index (χ3n) is 4.05. The van der Waals surface area contributed by atoms with Crippen molar-refractivity contribution < 1.29 is 4.74 Å². The van der Waals surface area contributed by atoms with Crippen LogP contribution in [0, 0.1) is 5.92 Å². The molecular weight excluding hydrogens is 236 g/mol. The molecule has 2 rings (SSSR count). The average Bonchev–Trinajstić information content (AvgIpc) is 2.39. The SMILES string of the molecule is CNC1CCC(C)CC1Oc1cccc(N(C)C)c1. The minimum absolute atomic E-state index is 0.283. The fourth-order valence-electron chi connectivity index (χ4n) is 2.80. The van der Waals surface area contributed by atoms with Crippen LogP contribution in [0.5, 0.6) is 5.75 Å². The lowest BCUT2D eigenvalue weighted by molar-refractivity contribution is 0.0944. The first-order valence-electron chi connectivity index (χ1n) is 7.21. The zero-order chi connectivity index (χ0) is 13.8. The summed E-state index contributed by atoms with van der Waals surface area (Å²) in [5, 5.41) is 3.40. The fourth-order valence-corrected chi connectivity index (χ4v) is 2.80. The Hall–Kier alpha value is -1.22. The lowest BCUT2D eigenvalue weighted by atomic mass is 9.85. The van der Waals surface area contributed by atoms with Gasteiger partial charge in [-0.25, -0.2) is 0 Å². The van der Waals surface area contributed by atoms with Gasteiger partial charge in [-0.1, -0.05) is 13.0 Å². The lowest BCUT2D eigenvalue weighted by Crippen LogP contribution is -2.45. The lowest BCUT2D eigenvalue weighted by Gasteiger charge is -2.35. The van der Waals surface area contributed by atoms with Crippen LogP contribution in [-0.4, -0.2) is 33.3 Å². The monoisotopic (exact) mass is 262 g/mol. The van der Waals surface area contributed by atoms with Crippen molar-refractivity contribution >= 4 is 5.69 Å². The predicted octanol–water partition coefficient (Wildman–Crippen LogP) is 2.91. The number of anilines is 1. The van der Waals surface area contributed by atoms with Gasteiger partial charge >= 0.3 is 0 Å². The Bertz CT molecular complexity index is 405. The summed E-state index contributed by atoms with van der Waals surface area (Å²) in [5.74, 6) is 1.73. The van der Waals surface area contributed by atoms with Crippen LogP contribution in [0.15, 0.2) is 24.3 Å². The number of nitrogens with zero attached hydrogens (tertiary/aromatic N) is 1. The second-order valence-corrected chi connectivity index (χ2v) is 5.86. The summed E-state index contributed by atoms with van der Waals surface area (Å²) in [5.41, 5.74) is 1.18. The van der Waals surface area contributed by atoms with Gasteiger partial charge in [-0.05, 0) is 44.4 Å². The molecular formula is C16H26N2O. The smallest absolute Gasteiger partial charge is 0.121 e. The third kappa shape index (κ3) is 3.63. The summed E-state index contributed by atoms with van der Waals surface area (Å²) in [4.78, 5) is 2.10. The minimum atomic E-state index is 0.283. The summed E-state index contributed by atoms with van der Waals surface area (Å²) < 4.78 is 6.23. The number of benzene rings is 1. The van der Waals surface area contributed by atoms with Crippen LogP contribution in [0.25, 0.3) is 0 Å². The van der Waals surface area contributed by atoms with Gasteiger partial charge in [0.15, 0.2) is 0 Å². The van der Waals surface area contributed by atoms with E-state index in [-0.39, 0.29) is 6.10 Å². The van der Waals surface area contributed by atoms with Gasteiger partial charge in [0, 0.05) is 31.9 Å². The molecule has 1 aliphatic rings. The molecule has 0 spiro atoms. The van der Waals surface area contributed by atoms with E-state index in [1.165, 1.54) is 18.5 Å². The molecule has 3 atom stereocenters. The molecule has 3 heteroatoms. The molecule has 1 aliphatic carbocycles. The molecule has 0 aliphatic heterocycles. The highest BCUT2D eigenvalue weighted by Gasteiger charge is 2.29. The Labute approximate surface area is 116 Å². The molecule has 3 nitrogen and oxygen atoms in total. The topological polar surface area (TPSA) is 24.5 Å². The Kier molecular flexibility index (Phi) is 4.70. The second kappa shape index (κ2) is 6.29. The van der Waals surface area contributed by atoms with Crippen LogP contribution in [0.4, 0.5) is 5.69 Å². The van der Waals surface area contributed by atoms with E-state index in [1.807, 2.05) is 7.05 Å². The molecule has 0 amide bonds. The number of likely N-dealkylation sites (N-methyl/N-ethyl adjacent to an activating group) is 1. The number of nitrogens with one attached hydrogen (secondary N) is 1. The number of hydrogen-bond donors (Lipinski definition) is 1. The Balaban J connectivity index is 2.08. The summed E-state index contributed by atoms with van der Waals surface area (Å²) in [6.07, 6.45) is 3.92. The van der Waals surface area contributed by atoms with Gasteiger partial charge in [-0.3, -0.25) is 0 Å². The molecule has 106 valence electrons. The van der Waals surface area contributed by atoms with Gasteiger partial charge in [-0.2, -0.15) is 0 Å². The van der Waals surface area contributed by atoms with Crippen LogP contribution < -0.4 is 15.0 Å². The molecule has 0 heterocycles. The predicted molar refractivity (Wildman–Crippen MR) is 81.0 cm³/mol. The van der Waals surface area contributed by atoms with Gasteiger partial charge in [0.25, 0.3) is 0 Å². The van der Waals surface area contributed by atoms with E-state index in [2.05, 4.69) is 55.5 Å². The first-order valence-corrected chi connectivity index (χ1v) is 7.21. The van der Waals surface area contributed by atoms with E-state index < -0.39 is 0 Å². The standard InChI is InChI=1S/C16H26N2O/c1-12-8-9-15(17-2)16(10-12)19-14-7-5-6-13(11-14)18(3)4/h5-7,11-12,15-17H,8-10H2,1-4H3. The van der Waals surface area contributed by atoms with Crippen molar-refractivity contribution in [1.82, 2.24) is 5.32 Å². The van der Waals surface area contributed by atoms with Crippen molar-refractivity contribution in [1.29, 1.82) is 0 Å². The van der Waals surface area contributed by atoms with E-state index in [0.29, 0.717) is 6.04 Å². The van der Waals surface area contributed by atoms with E-state index in [4.69, 9.17) is 4.74 Å². The second-order valence-electron chi connectivity index (χ2n) is 5.86. The van der Waals surface area contributed by atoms with Gasteiger partial charge < -0.3 is 15.0 Å². The maximum atomic E-state index is 6.23. The summed E-state index contributed by atoms with van der Waals surface area (Å²) in [6, 6.07) is 8.81. The molecule has 1 fully saturated rings. The molecule has 1 N–H and O–H groups in total. The molecule has 0 aromatic heterocycles. The van der Waals surface area contributed by atoms with E-state index in [0.717, 1.165) is 18.1 Å². The Morgan fingerprint density at radius 3 is 2.74 bits per heavy atom. The van der Waals surface area contributed by atoms with Gasteiger partial charge in [-0.15, -0.1) is 0 Å². The fraction of sp³-hybridized carbons (Fsp3) is 0.625. The molecule has 0 saturated heterocycles. The maximum Gasteiger partial charge on any atom is 0.121 e. The van der Waals surface area contributed by atoms with Crippen molar-refractivity contribution in [3.8, 4) is 5.75 Å². The molecule has 0 bridgehead atoms. The van der Waals surface area contributed by atoms with Crippen molar-refractivity contribution in [2.45, 2.75) is 38.3 Å². The summed E-state index contributed by atoms with van der Waals surface area (Å²) in [7, 11) is 6.14. The zero-order valence-corrected chi connectivity index (χ0v) is 12.5. The Morgan fingerprint density at radius 1 is 1.26 bits per heavy atom. The van der Waals surface area contributed by atoms with E-state index in [9.17, 15) is 0 Å². The number of ether oxygens (including phenoxy) is 1. The minimum Gasteiger partial charge on any atom is -0.489 e. The number of hydrogen-bond acceptors (Lipinski definition) is 3. The largest absolute Gasteiger partial charge is 0.489 e. The molecule has 1 saturated carbocycles. The zero-order valence-electron chi connectivity index (χ0n) is 12.5. The maximum absolute atomic E-state index is 6.23. The molecule has 1 aromatic carbocycles. The van der Waals surface area contributed by atoms with Crippen molar-refractivity contribution in [2.24, 2.45) is 5.92 Å². The van der Waals surface area contributed by atoms with E-state index in [1.54, 1.807) is 0 Å².